The molecule has 0 saturated carbocycles. The molecule has 0 bridgehead atoms. The average Bonchev–Trinajstić information content (AvgIpc) is 3.20. The summed E-state index contributed by atoms with van der Waals surface area (Å²) in [6.07, 6.45) is 1.63. The van der Waals surface area contributed by atoms with E-state index in [1.165, 1.54) is 26.0 Å². The maximum atomic E-state index is 13.6. The molecule has 0 radical (unpaired) electrons. The molecule has 1 aromatic carbocycles. The first kappa shape index (κ1) is 25.8. The van der Waals surface area contributed by atoms with Crippen LogP contribution in [0.5, 0.6) is 0 Å². The molecule has 1 N–H and O–H groups in total. The molecule has 2 aromatic heterocycles. The summed E-state index contributed by atoms with van der Waals surface area (Å²) in [5.41, 5.74) is 0.766. The van der Waals surface area contributed by atoms with Crippen LogP contribution in [0.4, 0.5) is 4.39 Å². The Kier molecular flexibility index (Phi) is 6.19. The van der Waals surface area contributed by atoms with Gasteiger partial charge in [-0.2, -0.15) is 5.10 Å². The Morgan fingerprint density at radius 1 is 1.06 bits per heavy atom. The topological polar surface area (TPSA) is 91.0 Å². The average molecular weight is 496 g/mol. The van der Waals surface area contributed by atoms with Crippen molar-refractivity contribution < 1.29 is 19.1 Å². The molecule has 0 unspecified atom stereocenters. The van der Waals surface area contributed by atoms with Crippen LogP contribution in [0, 0.1) is 5.82 Å². The van der Waals surface area contributed by atoms with Crippen molar-refractivity contribution in [2.45, 2.75) is 65.0 Å². The van der Waals surface area contributed by atoms with E-state index in [4.69, 9.17) is 4.98 Å². The number of hydrogen-bond donors (Lipinski definition) is 1. The number of amides is 2. The highest BCUT2D eigenvalue weighted by molar-refractivity contribution is 5.94. The van der Waals surface area contributed by atoms with Crippen molar-refractivity contribution in [1.82, 2.24) is 24.4 Å². The maximum Gasteiger partial charge on any atom is 0.274 e. The molecular weight excluding hydrogens is 461 g/mol. The Hall–Kier alpha value is -3.33. The third-order valence-electron chi connectivity index (χ3n) is 6.55. The standard InChI is InChI=1S/C27H34FN5O3/c1-25(2,3)19-14-20(17-8-10-18(28)11-9-17)30-33-15-21(29-22(19)33)23(34)32-13-12-31(16-26(32,4)5)24(35)27(6,7)36/h8-11,14-15,36H,12-13,16H2,1-7H3. The Labute approximate surface area is 210 Å². The van der Waals surface area contributed by atoms with E-state index in [0.29, 0.717) is 31.0 Å². The number of aromatic nitrogens is 3. The molecule has 3 heterocycles. The lowest BCUT2D eigenvalue weighted by atomic mass is 9.87. The predicted octanol–water partition coefficient (Wildman–Crippen LogP) is 3.67. The molecule has 1 aliphatic rings. The maximum absolute atomic E-state index is 13.6. The lowest BCUT2D eigenvalue weighted by Crippen LogP contribution is -2.64. The fraction of sp³-hybridized carbons (Fsp3) is 0.481. The Morgan fingerprint density at radius 3 is 2.25 bits per heavy atom. The first-order valence-corrected chi connectivity index (χ1v) is 12.1. The number of carbonyl (C=O) groups is 2. The predicted molar refractivity (Wildman–Crippen MR) is 135 cm³/mol. The van der Waals surface area contributed by atoms with Crippen LogP contribution in [0.15, 0.2) is 36.5 Å². The zero-order chi connectivity index (χ0) is 26.6. The minimum absolute atomic E-state index is 0.246. The van der Waals surface area contributed by atoms with Gasteiger partial charge in [-0.1, -0.05) is 20.8 Å². The highest BCUT2D eigenvalue weighted by atomic mass is 19.1. The quantitative estimate of drug-likeness (QED) is 0.599. The normalized spacial score (nSPS) is 16.5. The van der Waals surface area contributed by atoms with Gasteiger partial charge in [0.15, 0.2) is 5.65 Å². The molecule has 9 heteroatoms. The molecule has 1 fully saturated rings. The third kappa shape index (κ3) is 4.84. The lowest BCUT2D eigenvalue weighted by Gasteiger charge is -2.47. The van der Waals surface area contributed by atoms with Crippen LogP contribution in [-0.2, 0) is 10.2 Å². The van der Waals surface area contributed by atoms with E-state index in [-0.39, 0.29) is 28.7 Å². The SMILES string of the molecule is CC(C)(O)C(=O)N1CCN(C(=O)c2cn3nc(-c4ccc(F)cc4)cc(C(C)(C)C)c3n2)C(C)(C)C1. The van der Waals surface area contributed by atoms with Gasteiger partial charge in [-0.05, 0) is 63.4 Å². The third-order valence-corrected chi connectivity index (χ3v) is 6.55. The first-order valence-electron chi connectivity index (χ1n) is 12.1. The van der Waals surface area contributed by atoms with E-state index >= 15 is 0 Å². The van der Waals surface area contributed by atoms with Crippen molar-refractivity contribution in [1.29, 1.82) is 0 Å². The second kappa shape index (κ2) is 8.65. The van der Waals surface area contributed by atoms with E-state index in [1.807, 2.05) is 19.9 Å². The van der Waals surface area contributed by atoms with Crippen LogP contribution in [-0.4, -0.2) is 72.1 Å². The van der Waals surface area contributed by atoms with Crippen molar-refractivity contribution in [3.63, 3.8) is 0 Å². The molecule has 0 aliphatic carbocycles. The molecule has 3 aromatic rings. The number of aliphatic hydroxyl groups is 1. The largest absolute Gasteiger partial charge is 0.381 e. The number of carbonyl (C=O) groups excluding carboxylic acids is 2. The van der Waals surface area contributed by atoms with Crippen LogP contribution in [0.3, 0.4) is 0 Å². The molecule has 1 aliphatic heterocycles. The zero-order valence-corrected chi connectivity index (χ0v) is 22.0. The molecule has 0 spiro atoms. The summed E-state index contributed by atoms with van der Waals surface area (Å²) in [5.74, 6) is -0.926. The van der Waals surface area contributed by atoms with Gasteiger partial charge < -0.3 is 14.9 Å². The van der Waals surface area contributed by atoms with Crippen molar-refractivity contribution in [3.8, 4) is 11.3 Å². The van der Waals surface area contributed by atoms with Crippen LogP contribution in [0.2, 0.25) is 0 Å². The molecule has 4 rings (SSSR count). The minimum Gasteiger partial charge on any atom is -0.381 e. The Balaban J connectivity index is 1.70. The Morgan fingerprint density at radius 2 is 1.69 bits per heavy atom. The molecule has 0 atom stereocenters. The summed E-state index contributed by atoms with van der Waals surface area (Å²) >= 11 is 0. The number of nitrogens with zero attached hydrogens (tertiary/aromatic N) is 5. The zero-order valence-electron chi connectivity index (χ0n) is 22.0. The highest BCUT2D eigenvalue weighted by Gasteiger charge is 2.42. The molecule has 8 nitrogen and oxygen atoms in total. The second-order valence-corrected chi connectivity index (χ2v) is 11.6. The number of hydrogen-bond acceptors (Lipinski definition) is 5. The summed E-state index contributed by atoms with van der Waals surface area (Å²) in [5, 5.41) is 14.8. The second-order valence-electron chi connectivity index (χ2n) is 11.6. The number of piperazine rings is 1. The van der Waals surface area contributed by atoms with Crippen molar-refractivity contribution in [2.24, 2.45) is 0 Å². The first-order chi connectivity index (χ1) is 16.6. The molecule has 1 saturated heterocycles. The summed E-state index contributed by atoms with van der Waals surface area (Å²) in [7, 11) is 0. The van der Waals surface area contributed by atoms with E-state index < -0.39 is 11.1 Å². The van der Waals surface area contributed by atoms with E-state index in [1.54, 1.807) is 32.6 Å². The van der Waals surface area contributed by atoms with Gasteiger partial charge in [0.2, 0.25) is 0 Å². The van der Waals surface area contributed by atoms with E-state index in [0.717, 1.165) is 11.1 Å². The smallest absolute Gasteiger partial charge is 0.274 e. The molecule has 36 heavy (non-hydrogen) atoms. The lowest BCUT2D eigenvalue weighted by molar-refractivity contribution is -0.152. The van der Waals surface area contributed by atoms with Gasteiger partial charge in [0.05, 0.1) is 17.4 Å². The summed E-state index contributed by atoms with van der Waals surface area (Å²) in [6.45, 7) is 13.9. The molecule has 192 valence electrons. The Bertz CT molecular complexity index is 1320. The number of benzene rings is 1. The monoisotopic (exact) mass is 495 g/mol. The van der Waals surface area contributed by atoms with Crippen molar-refractivity contribution >= 4 is 17.5 Å². The summed E-state index contributed by atoms with van der Waals surface area (Å²) < 4.78 is 15.1. The van der Waals surface area contributed by atoms with Crippen LogP contribution in [0.25, 0.3) is 16.9 Å². The van der Waals surface area contributed by atoms with Gasteiger partial charge in [-0.15, -0.1) is 0 Å². The highest BCUT2D eigenvalue weighted by Crippen LogP contribution is 2.31. The van der Waals surface area contributed by atoms with Gasteiger partial charge in [0.1, 0.15) is 17.1 Å². The van der Waals surface area contributed by atoms with Gasteiger partial charge in [0, 0.05) is 30.8 Å². The fourth-order valence-electron chi connectivity index (χ4n) is 4.62. The van der Waals surface area contributed by atoms with Gasteiger partial charge in [-0.25, -0.2) is 13.9 Å². The fourth-order valence-corrected chi connectivity index (χ4v) is 4.62. The van der Waals surface area contributed by atoms with E-state index in [9.17, 15) is 19.1 Å². The van der Waals surface area contributed by atoms with Crippen LogP contribution in [0.1, 0.15) is 64.5 Å². The van der Waals surface area contributed by atoms with Gasteiger partial charge >= 0.3 is 0 Å². The number of fused-ring (bicyclic) bond motifs is 1. The summed E-state index contributed by atoms with van der Waals surface area (Å²) in [4.78, 5) is 34.3. The van der Waals surface area contributed by atoms with Crippen LogP contribution < -0.4 is 0 Å². The number of halogens is 1. The van der Waals surface area contributed by atoms with Gasteiger partial charge in [0.25, 0.3) is 11.8 Å². The molecule has 2 amide bonds. The van der Waals surface area contributed by atoms with Gasteiger partial charge in [-0.3, -0.25) is 9.59 Å². The van der Waals surface area contributed by atoms with E-state index in [2.05, 4.69) is 25.9 Å². The number of rotatable bonds is 3. The minimum atomic E-state index is -1.47. The number of imidazole rings is 1. The van der Waals surface area contributed by atoms with Crippen molar-refractivity contribution in [2.75, 3.05) is 19.6 Å². The van der Waals surface area contributed by atoms with Crippen LogP contribution >= 0.6 is 0 Å². The molecular formula is C27H34FN5O3. The van der Waals surface area contributed by atoms with Crippen molar-refractivity contribution in [3.05, 3.63) is 53.6 Å². The summed E-state index contributed by atoms with van der Waals surface area (Å²) in [6, 6.07) is 8.08.